The molecule has 0 spiro atoms. The van der Waals surface area contributed by atoms with Crippen LogP contribution in [0.25, 0.3) is 0 Å². The highest BCUT2D eigenvalue weighted by molar-refractivity contribution is 7.03. The minimum Gasteiger partial charge on any atom is -0.443 e. The van der Waals surface area contributed by atoms with Gasteiger partial charge >= 0.3 is 0 Å². The summed E-state index contributed by atoms with van der Waals surface area (Å²) in [6.45, 7) is 0. The van der Waals surface area contributed by atoms with Crippen LogP contribution in [-0.2, 0) is 4.12 Å². The van der Waals surface area contributed by atoms with E-state index in [1.54, 1.807) is 0 Å². The zero-order chi connectivity index (χ0) is 19.9. The molecule has 144 valence electrons. The lowest BCUT2D eigenvalue weighted by atomic mass is 10.4. The lowest BCUT2D eigenvalue weighted by Crippen LogP contribution is -2.70. The molecule has 0 aliphatic carbocycles. The van der Waals surface area contributed by atoms with E-state index in [-0.39, 0.29) is 0 Å². The van der Waals surface area contributed by atoms with Crippen molar-refractivity contribution in [2.45, 2.75) is 0 Å². The Morgan fingerprint density at radius 3 is 1.24 bits per heavy atom. The van der Waals surface area contributed by atoms with E-state index in [1.807, 2.05) is 12.1 Å². The van der Waals surface area contributed by atoms with Gasteiger partial charge in [-0.05, 0) is 20.7 Å². The van der Waals surface area contributed by atoms with Gasteiger partial charge in [0.05, 0.1) is 0 Å². The van der Waals surface area contributed by atoms with Crippen molar-refractivity contribution in [1.82, 2.24) is 0 Å². The molecule has 0 fully saturated rings. The topological polar surface area (TPSA) is 35.2 Å². The van der Waals surface area contributed by atoms with Crippen LogP contribution in [0.4, 0.5) is 0 Å². The number of hydrogen-bond donors (Lipinski definition) is 1. The summed E-state index contributed by atoms with van der Waals surface area (Å²) in [5, 5.41) is 4.99. The summed E-state index contributed by atoms with van der Waals surface area (Å²) in [6, 6.07) is 42.4. The smallest absolute Gasteiger partial charge is 0.259 e. The monoisotopic (exact) mass is 411 g/mol. The second-order valence-corrected chi connectivity index (χ2v) is 13.3. The highest BCUT2D eigenvalue weighted by Crippen LogP contribution is 2.10. The van der Waals surface area contributed by atoms with E-state index in [2.05, 4.69) is 109 Å². The molecule has 0 saturated carbocycles. The second kappa shape index (κ2) is 9.15. The first-order chi connectivity index (χ1) is 14.3. The van der Waals surface area contributed by atoms with Crippen molar-refractivity contribution in [1.29, 1.82) is 0 Å². The Labute approximate surface area is 175 Å². The molecule has 29 heavy (non-hydrogen) atoms. The molecular formula is C25H25NOSi2. The third-order valence-corrected chi connectivity index (χ3v) is 12.9. The molecule has 0 aliphatic rings. The molecule has 0 heterocycles. The Hall–Kier alpha value is -2.77. The van der Waals surface area contributed by atoms with Crippen LogP contribution in [0.5, 0.6) is 0 Å². The van der Waals surface area contributed by atoms with E-state index >= 15 is 0 Å². The van der Waals surface area contributed by atoms with Crippen LogP contribution in [0.2, 0.25) is 0 Å². The van der Waals surface area contributed by atoms with Crippen LogP contribution >= 0.6 is 0 Å². The summed E-state index contributed by atoms with van der Waals surface area (Å²) >= 11 is 0. The average molecular weight is 412 g/mol. The van der Waals surface area contributed by atoms with Gasteiger partial charge in [0, 0.05) is 6.17 Å². The molecule has 0 radical (unpaired) electrons. The first-order valence-corrected chi connectivity index (χ1v) is 13.7. The third-order valence-electron chi connectivity index (χ3n) is 5.29. The fourth-order valence-corrected chi connectivity index (χ4v) is 11.8. The lowest BCUT2D eigenvalue weighted by molar-refractivity contribution is 0.600. The van der Waals surface area contributed by atoms with Crippen LogP contribution in [0, 0.1) is 0 Å². The van der Waals surface area contributed by atoms with Crippen molar-refractivity contribution >= 4 is 38.1 Å². The summed E-state index contributed by atoms with van der Waals surface area (Å²) < 4.78 is 7.28. The largest absolute Gasteiger partial charge is 0.443 e. The van der Waals surface area contributed by atoms with Crippen molar-refractivity contribution in [2.24, 2.45) is 5.73 Å². The highest BCUT2D eigenvalue weighted by atomic mass is 28.4. The number of rotatable bonds is 7. The van der Waals surface area contributed by atoms with Gasteiger partial charge in [0.15, 0.2) is 0 Å². The number of benzene rings is 4. The maximum Gasteiger partial charge on any atom is 0.259 e. The van der Waals surface area contributed by atoms with Gasteiger partial charge in [-0.25, -0.2) is 0 Å². The molecule has 0 aliphatic heterocycles. The minimum atomic E-state index is -2.61. The Kier molecular flexibility index (Phi) is 6.17. The van der Waals surface area contributed by atoms with Gasteiger partial charge in [-0.3, -0.25) is 0 Å². The molecule has 2 nitrogen and oxygen atoms in total. The predicted octanol–water partition coefficient (Wildman–Crippen LogP) is 1.80. The van der Waals surface area contributed by atoms with Crippen LogP contribution in [0.3, 0.4) is 0 Å². The van der Waals surface area contributed by atoms with E-state index in [1.165, 1.54) is 20.7 Å². The van der Waals surface area contributed by atoms with Gasteiger partial charge in [0.2, 0.25) is 9.04 Å². The normalized spacial score (nSPS) is 11.5. The third kappa shape index (κ3) is 4.16. The van der Waals surface area contributed by atoms with E-state index in [9.17, 15) is 0 Å². The predicted molar refractivity (Wildman–Crippen MR) is 127 cm³/mol. The zero-order valence-electron chi connectivity index (χ0n) is 16.3. The molecule has 0 amide bonds. The van der Waals surface area contributed by atoms with Crippen LogP contribution in [0.1, 0.15) is 0 Å². The fourth-order valence-electron chi connectivity index (χ4n) is 3.79. The summed E-state index contributed by atoms with van der Waals surface area (Å²) in [5.41, 5.74) is 6.54. The van der Waals surface area contributed by atoms with Gasteiger partial charge in [0.1, 0.15) is 0 Å². The first kappa shape index (κ1) is 19.5. The molecule has 4 aromatic rings. The van der Waals surface area contributed by atoms with Crippen molar-refractivity contribution in [3.63, 3.8) is 0 Å². The van der Waals surface area contributed by atoms with Crippen molar-refractivity contribution in [2.75, 3.05) is 6.17 Å². The molecule has 0 unspecified atom stereocenters. The zero-order valence-corrected chi connectivity index (χ0v) is 18.5. The molecule has 4 heteroatoms. The molecule has 0 saturated heterocycles. The maximum absolute atomic E-state index is 7.28. The minimum absolute atomic E-state index is 0.504. The summed E-state index contributed by atoms with van der Waals surface area (Å²) in [5.74, 6) is 0. The van der Waals surface area contributed by atoms with Gasteiger partial charge in [-0.1, -0.05) is 121 Å². The molecule has 0 bridgehead atoms. The number of nitrogens with two attached hydrogens (primary N) is 1. The van der Waals surface area contributed by atoms with Crippen LogP contribution in [-0.4, -0.2) is 23.5 Å². The quantitative estimate of drug-likeness (QED) is 0.471. The fraction of sp³-hybridized carbons (Fsp3) is 0.0400. The Morgan fingerprint density at radius 1 is 0.552 bits per heavy atom. The van der Waals surface area contributed by atoms with Gasteiger partial charge in [-0.15, -0.1) is 0 Å². The van der Waals surface area contributed by atoms with E-state index in [0.29, 0.717) is 6.17 Å². The van der Waals surface area contributed by atoms with Gasteiger partial charge in [-0.2, -0.15) is 0 Å². The number of hydrogen-bond acceptors (Lipinski definition) is 2. The standard InChI is InChI=1S/C25H25NOSi2/c26-21-29(24-17-9-3-10-18-24,25-19-11-4-12-20-25)27-28(22-13-5-1-6-14-22)23-15-7-2-8-16-23/h1-20,28H,21,26H2. The Bertz CT molecular complexity index is 933. The molecule has 2 N–H and O–H groups in total. The average Bonchev–Trinajstić information content (AvgIpc) is 2.82. The molecular weight excluding hydrogens is 386 g/mol. The molecule has 4 rings (SSSR count). The SMILES string of the molecule is NC[Si](O[SiH](c1ccccc1)c1ccccc1)(c1ccccc1)c1ccccc1. The Balaban J connectivity index is 1.88. The van der Waals surface area contributed by atoms with Crippen LogP contribution < -0.4 is 26.5 Å². The van der Waals surface area contributed by atoms with Crippen LogP contribution in [0.15, 0.2) is 121 Å². The first-order valence-electron chi connectivity index (χ1n) is 9.92. The molecule has 0 aromatic heterocycles. The van der Waals surface area contributed by atoms with E-state index < -0.39 is 17.4 Å². The summed E-state index contributed by atoms with van der Waals surface area (Å²) in [4.78, 5) is 0. The lowest BCUT2D eigenvalue weighted by Gasteiger charge is -2.35. The molecule has 0 atom stereocenters. The molecule has 4 aromatic carbocycles. The van der Waals surface area contributed by atoms with Gasteiger partial charge < -0.3 is 9.85 Å². The second-order valence-electron chi connectivity index (χ2n) is 7.08. The summed E-state index contributed by atoms with van der Waals surface area (Å²) in [6.07, 6.45) is 0.504. The van der Waals surface area contributed by atoms with Crippen molar-refractivity contribution < 1.29 is 4.12 Å². The summed E-state index contributed by atoms with van der Waals surface area (Å²) in [7, 11) is -4.56. The highest BCUT2D eigenvalue weighted by Gasteiger charge is 2.41. The van der Waals surface area contributed by atoms with Crippen molar-refractivity contribution in [3.8, 4) is 0 Å². The van der Waals surface area contributed by atoms with Crippen molar-refractivity contribution in [3.05, 3.63) is 121 Å². The van der Waals surface area contributed by atoms with E-state index in [0.717, 1.165) is 0 Å². The maximum atomic E-state index is 7.28. The van der Waals surface area contributed by atoms with Gasteiger partial charge in [0.25, 0.3) is 8.32 Å². The van der Waals surface area contributed by atoms with E-state index in [4.69, 9.17) is 9.85 Å². The Morgan fingerprint density at radius 2 is 0.897 bits per heavy atom.